The van der Waals surface area contributed by atoms with Gasteiger partial charge in [-0.05, 0) is 17.8 Å². The maximum absolute atomic E-state index is 9.70. The van der Waals surface area contributed by atoms with Gasteiger partial charge in [0.25, 0.3) is 0 Å². The van der Waals surface area contributed by atoms with Gasteiger partial charge < -0.3 is 5.11 Å². The molecule has 0 aromatic heterocycles. The molecule has 10 heavy (non-hydrogen) atoms. The van der Waals surface area contributed by atoms with Gasteiger partial charge in [0, 0.05) is 5.92 Å². The van der Waals surface area contributed by atoms with E-state index in [1.807, 2.05) is 0 Å². The Labute approximate surface area is 61.8 Å². The predicted octanol–water partition coefficient (Wildman–Crippen LogP) is 1.58. The van der Waals surface area contributed by atoms with E-state index in [1.165, 1.54) is 6.42 Å². The highest BCUT2D eigenvalue weighted by Crippen LogP contribution is 2.51. The van der Waals surface area contributed by atoms with Crippen molar-refractivity contribution in [3.05, 3.63) is 12.2 Å². The molecule has 0 aromatic carbocycles. The summed E-state index contributed by atoms with van der Waals surface area (Å²) in [5, 5.41) is 9.70. The molecular weight excluding hydrogens is 124 g/mol. The Morgan fingerprint density at radius 3 is 2.40 bits per heavy atom. The highest BCUT2D eigenvalue weighted by Gasteiger charge is 2.49. The molecule has 0 spiro atoms. The fourth-order valence-electron chi connectivity index (χ4n) is 2.28. The molecule has 1 heteroatoms. The van der Waals surface area contributed by atoms with Crippen LogP contribution in [-0.2, 0) is 0 Å². The lowest BCUT2D eigenvalue weighted by Crippen LogP contribution is -2.32. The first-order valence-corrected chi connectivity index (χ1v) is 3.99. The number of aliphatic hydroxyl groups excluding tert-OH is 1. The van der Waals surface area contributed by atoms with Gasteiger partial charge >= 0.3 is 0 Å². The number of aliphatic hydroxyl groups is 1. The molecular formula is C9H14O. The van der Waals surface area contributed by atoms with E-state index in [0.717, 1.165) is 0 Å². The minimum absolute atomic E-state index is 0.0949. The molecule has 0 unspecified atom stereocenters. The van der Waals surface area contributed by atoms with Crippen molar-refractivity contribution in [3.8, 4) is 0 Å². The van der Waals surface area contributed by atoms with E-state index >= 15 is 0 Å². The Morgan fingerprint density at radius 2 is 2.10 bits per heavy atom. The predicted molar refractivity (Wildman–Crippen MR) is 40.5 cm³/mol. The Bertz CT molecular complexity index is 181. The third kappa shape index (κ3) is 0.567. The molecule has 1 saturated carbocycles. The first-order chi connectivity index (χ1) is 4.62. The molecule has 0 aliphatic heterocycles. The van der Waals surface area contributed by atoms with Crippen molar-refractivity contribution in [2.75, 3.05) is 0 Å². The first-order valence-electron chi connectivity index (χ1n) is 3.99. The fourth-order valence-corrected chi connectivity index (χ4v) is 2.28. The van der Waals surface area contributed by atoms with Crippen molar-refractivity contribution in [2.24, 2.45) is 17.3 Å². The molecule has 0 radical (unpaired) electrons. The maximum Gasteiger partial charge on any atom is 0.0659 e. The molecule has 2 aliphatic rings. The van der Waals surface area contributed by atoms with Gasteiger partial charge in [-0.15, -0.1) is 0 Å². The summed E-state index contributed by atoms with van der Waals surface area (Å²) < 4.78 is 0. The first kappa shape index (κ1) is 6.41. The number of rotatable bonds is 0. The molecule has 2 bridgehead atoms. The molecule has 56 valence electrons. The van der Waals surface area contributed by atoms with E-state index in [-0.39, 0.29) is 11.5 Å². The van der Waals surface area contributed by atoms with Crippen LogP contribution in [0.1, 0.15) is 20.3 Å². The fraction of sp³-hybridized carbons (Fsp3) is 0.778. The van der Waals surface area contributed by atoms with Gasteiger partial charge in [0.1, 0.15) is 0 Å². The molecule has 2 rings (SSSR count). The topological polar surface area (TPSA) is 20.2 Å². The van der Waals surface area contributed by atoms with E-state index < -0.39 is 0 Å². The summed E-state index contributed by atoms with van der Waals surface area (Å²) in [6.45, 7) is 4.32. The lowest BCUT2D eigenvalue weighted by molar-refractivity contribution is 0.0417. The Kier molecular flexibility index (Phi) is 1.06. The van der Waals surface area contributed by atoms with Crippen LogP contribution in [-0.4, -0.2) is 11.2 Å². The molecule has 0 aromatic rings. The van der Waals surface area contributed by atoms with Gasteiger partial charge in [0.2, 0.25) is 0 Å². The Hall–Kier alpha value is -0.300. The summed E-state index contributed by atoms with van der Waals surface area (Å²) in [4.78, 5) is 0. The number of fused-ring (bicyclic) bond motifs is 2. The lowest BCUT2D eigenvalue weighted by Gasteiger charge is -2.31. The second-order valence-corrected chi connectivity index (χ2v) is 4.16. The highest BCUT2D eigenvalue weighted by atomic mass is 16.3. The van der Waals surface area contributed by atoms with Crippen LogP contribution >= 0.6 is 0 Å². The molecule has 1 fully saturated rings. The van der Waals surface area contributed by atoms with Gasteiger partial charge in [-0.25, -0.2) is 0 Å². The minimum atomic E-state index is -0.0949. The van der Waals surface area contributed by atoms with Gasteiger partial charge in [-0.3, -0.25) is 0 Å². The summed E-state index contributed by atoms with van der Waals surface area (Å²) in [5.41, 5.74) is 0.138. The molecule has 1 nitrogen and oxygen atoms in total. The van der Waals surface area contributed by atoms with Crippen molar-refractivity contribution in [2.45, 2.75) is 26.4 Å². The second kappa shape index (κ2) is 1.65. The van der Waals surface area contributed by atoms with E-state index in [2.05, 4.69) is 26.0 Å². The zero-order valence-corrected chi connectivity index (χ0v) is 6.54. The molecule has 1 N–H and O–H groups in total. The van der Waals surface area contributed by atoms with E-state index in [4.69, 9.17) is 0 Å². The lowest BCUT2D eigenvalue weighted by atomic mass is 9.78. The van der Waals surface area contributed by atoms with Crippen LogP contribution in [0.15, 0.2) is 12.2 Å². The quantitative estimate of drug-likeness (QED) is 0.504. The SMILES string of the molecule is CC1(C)[C@H](O)[C@@H]2C=C[C@H]1C2. The Balaban J connectivity index is 2.35. The standard InChI is InChI=1S/C9H14O/c1-9(2)7-4-3-6(5-7)8(9)10/h3-4,6-8,10H,5H2,1-2H3/t6-,7+,8-/m1/s1. The summed E-state index contributed by atoms with van der Waals surface area (Å²) >= 11 is 0. The van der Waals surface area contributed by atoms with E-state index in [9.17, 15) is 5.11 Å². The monoisotopic (exact) mass is 138 g/mol. The van der Waals surface area contributed by atoms with Crippen LogP contribution in [0.5, 0.6) is 0 Å². The van der Waals surface area contributed by atoms with Crippen molar-refractivity contribution in [3.63, 3.8) is 0 Å². The van der Waals surface area contributed by atoms with E-state index in [1.54, 1.807) is 0 Å². The highest BCUT2D eigenvalue weighted by molar-refractivity contribution is 5.17. The van der Waals surface area contributed by atoms with Crippen molar-refractivity contribution in [1.29, 1.82) is 0 Å². The zero-order valence-electron chi connectivity index (χ0n) is 6.54. The van der Waals surface area contributed by atoms with Crippen LogP contribution in [0.25, 0.3) is 0 Å². The summed E-state index contributed by atoms with van der Waals surface area (Å²) in [6.07, 6.45) is 5.51. The molecule has 0 heterocycles. The number of hydrogen-bond donors (Lipinski definition) is 1. The van der Waals surface area contributed by atoms with Crippen LogP contribution in [0, 0.1) is 17.3 Å². The van der Waals surface area contributed by atoms with Crippen molar-refractivity contribution in [1.82, 2.24) is 0 Å². The zero-order chi connectivity index (χ0) is 7.35. The van der Waals surface area contributed by atoms with Crippen LogP contribution in [0.3, 0.4) is 0 Å². The second-order valence-electron chi connectivity index (χ2n) is 4.16. The third-order valence-electron chi connectivity index (χ3n) is 3.24. The third-order valence-corrected chi connectivity index (χ3v) is 3.24. The summed E-state index contributed by atoms with van der Waals surface area (Å²) in [6, 6.07) is 0. The van der Waals surface area contributed by atoms with Crippen LogP contribution in [0.2, 0.25) is 0 Å². The van der Waals surface area contributed by atoms with Crippen LogP contribution < -0.4 is 0 Å². The van der Waals surface area contributed by atoms with Gasteiger partial charge in [0.15, 0.2) is 0 Å². The number of allylic oxidation sites excluding steroid dienone is 1. The largest absolute Gasteiger partial charge is 0.392 e. The van der Waals surface area contributed by atoms with E-state index in [0.29, 0.717) is 11.8 Å². The molecule has 2 aliphatic carbocycles. The molecule has 0 amide bonds. The van der Waals surface area contributed by atoms with Gasteiger partial charge in [-0.1, -0.05) is 26.0 Å². The van der Waals surface area contributed by atoms with Gasteiger partial charge in [0.05, 0.1) is 6.10 Å². The van der Waals surface area contributed by atoms with Crippen molar-refractivity contribution >= 4 is 0 Å². The Morgan fingerprint density at radius 1 is 1.40 bits per heavy atom. The summed E-state index contributed by atoms with van der Waals surface area (Å²) in [7, 11) is 0. The normalized spacial score (nSPS) is 48.5. The number of hydrogen-bond acceptors (Lipinski definition) is 1. The van der Waals surface area contributed by atoms with Crippen LogP contribution in [0.4, 0.5) is 0 Å². The smallest absolute Gasteiger partial charge is 0.0659 e. The minimum Gasteiger partial charge on any atom is -0.392 e. The maximum atomic E-state index is 9.70. The molecule has 0 saturated heterocycles. The average Bonchev–Trinajstić information content (AvgIpc) is 2.37. The van der Waals surface area contributed by atoms with Crippen molar-refractivity contribution < 1.29 is 5.11 Å². The average molecular weight is 138 g/mol. The molecule has 3 atom stereocenters. The summed E-state index contributed by atoms with van der Waals surface area (Å²) in [5.74, 6) is 1.09. The van der Waals surface area contributed by atoms with Gasteiger partial charge in [-0.2, -0.15) is 0 Å².